The first-order chi connectivity index (χ1) is 9.31. The molecular weight excluding hydrogens is 352 g/mol. The molecule has 0 aliphatic carbocycles. The van der Waals surface area contributed by atoms with Crippen molar-refractivity contribution in [2.45, 2.75) is 23.8 Å². The Morgan fingerprint density at radius 2 is 2.10 bits per heavy atom. The van der Waals surface area contributed by atoms with Crippen LogP contribution in [0.5, 0.6) is 0 Å². The van der Waals surface area contributed by atoms with E-state index in [0.29, 0.717) is 13.0 Å². The smallest absolute Gasteiger partial charge is 0.158 e. The minimum Gasteiger partial charge on any atom is -0.305 e. The minimum atomic E-state index is -3.45. The van der Waals surface area contributed by atoms with E-state index < -0.39 is 32.5 Å². The molecule has 0 saturated carbocycles. The third-order valence-electron chi connectivity index (χ3n) is 3.56. The molecule has 0 bridgehead atoms. The van der Waals surface area contributed by atoms with E-state index in [1.807, 2.05) is 11.9 Å². The van der Waals surface area contributed by atoms with Crippen LogP contribution in [0, 0.1) is 11.6 Å². The first-order valence-electron chi connectivity index (χ1n) is 6.34. The summed E-state index contributed by atoms with van der Waals surface area (Å²) >= 11 is 2.79. The Morgan fingerprint density at radius 3 is 2.75 bits per heavy atom. The van der Waals surface area contributed by atoms with E-state index in [1.165, 1.54) is 6.07 Å². The molecule has 1 saturated heterocycles. The number of halogens is 3. The molecule has 1 unspecified atom stereocenters. The number of nitrogens with zero attached hydrogens (tertiary/aromatic N) is 1. The summed E-state index contributed by atoms with van der Waals surface area (Å²) in [4.78, 5) is 1.96. The van der Waals surface area contributed by atoms with Gasteiger partial charge in [0.05, 0.1) is 15.5 Å². The van der Waals surface area contributed by atoms with Gasteiger partial charge < -0.3 is 4.90 Å². The summed E-state index contributed by atoms with van der Waals surface area (Å²) in [5, 5.41) is -0.482. The molecule has 1 aromatic carbocycles. The lowest BCUT2D eigenvalue weighted by molar-refractivity contribution is 0.277. The summed E-state index contributed by atoms with van der Waals surface area (Å²) in [6.07, 6.45) is 1.41. The van der Waals surface area contributed by atoms with Crippen LogP contribution < -0.4 is 0 Å². The Kier molecular flexibility index (Phi) is 4.81. The fourth-order valence-electron chi connectivity index (χ4n) is 2.42. The lowest BCUT2D eigenvalue weighted by Gasteiger charge is -2.29. The maximum atomic E-state index is 13.9. The Balaban J connectivity index is 2.22. The first-order valence-corrected chi connectivity index (χ1v) is 8.84. The molecule has 20 heavy (non-hydrogen) atoms. The van der Waals surface area contributed by atoms with Crippen LogP contribution in [0.15, 0.2) is 16.6 Å². The molecule has 0 radical (unpaired) electrons. The number of benzene rings is 1. The highest BCUT2D eigenvalue weighted by atomic mass is 79.9. The van der Waals surface area contributed by atoms with Gasteiger partial charge in [-0.1, -0.05) is 6.07 Å². The zero-order valence-electron chi connectivity index (χ0n) is 11.1. The zero-order valence-corrected chi connectivity index (χ0v) is 13.5. The van der Waals surface area contributed by atoms with Crippen molar-refractivity contribution >= 4 is 25.8 Å². The largest absolute Gasteiger partial charge is 0.305 e. The molecule has 3 nitrogen and oxygen atoms in total. The number of piperidine rings is 1. The number of sulfone groups is 1. The summed E-state index contributed by atoms with van der Waals surface area (Å²) in [5.74, 6) is -1.96. The second kappa shape index (κ2) is 6.07. The summed E-state index contributed by atoms with van der Waals surface area (Å²) in [7, 11) is -1.57. The predicted molar refractivity (Wildman–Crippen MR) is 77.2 cm³/mol. The van der Waals surface area contributed by atoms with Crippen LogP contribution in [-0.4, -0.2) is 38.7 Å². The second-order valence-electron chi connectivity index (χ2n) is 5.17. The van der Waals surface area contributed by atoms with Crippen molar-refractivity contribution in [1.82, 2.24) is 4.90 Å². The number of hydrogen-bond donors (Lipinski definition) is 0. The van der Waals surface area contributed by atoms with E-state index in [9.17, 15) is 17.2 Å². The van der Waals surface area contributed by atoms with Gasteiger partial charge in [0.1, 0.15) is 11.6 Å². The normalized spacial score (nSPS) is 21.1. The first kappa shape index (κ1) is 15.9. The van der Waals surface area contributed by atoms with Gasteiger partial charge in [-0.3, -0.25) is 0 Å². The molecule has 1 aromatic rings. The monoisotopic (exact) mass is 367 g/mol. The lowest BCUT2D eigenvalue weighted by Crippen LogP contribution is -2.40. The highest BCUT2D eigenvalue weighted by Gasteiger charge is 2.30. The molecule has 1 fully saturated rings. The van der Waals surface area contributed by atoms with Crippen molar-refractivity contribution in [3.8, 4) is 0 Å². The number of likely N-dealkylation sites (tertiary alicyclic amines) is 1. The standard InChI is InChI=1S/C13H16BrF2NO2S/c1-17-6-2-3-10(7-17)20(18,19)8-9-4-5-11(15)12(14)13(9)16/h4-5,10H,2-3,6-8H2,1H3. The summed E-state index contributed by atoms with van der Waals surface area (Å²) in [6.45, 7) is 1.34. The van der Waals surface area contributed by atoms with Gasteiger partial charge in [-0.05, 0) is 48.4 Å². The Bertz CT molecular complexity index is 607. The van der Waals surface area contributed by atoms with Gasteiger partial charge in [0.2, 0.25) is 0 Å². The van der Waals surface area contributed by atoms with Gasteiger partial charge in [-0.25, -0.2) is 17.2 Å². The van der Waals surface area contributed by atoms with Gasteiger partial charge in [-0.2, -0.15) is 0 Å². The highest BCUT2D eigenvalue weighted by Crippen LogP contribution is 2.26. The van der Waals surface area contributed by atoms with Crippen molar-refractivity contribution in [2.75, 3.05) is 20.1 Å². The fraction of sp³-hybridized carbons (Fsp3) is 0.538. The van der Waals surface area contributed by atoms with Gasteiger partial charge in [0.25, 0.3) is 0 Å². The van der Waals surface area contributed by atoms with E-state index in [0.717, 1.165) is 19.0 Å². The third-order valence-corrected chi connectivity index (χ3v) is 6.40. The van der Waals surface area contributed by atoms with E-state index in [4.69, 9.17) is 0 Å². The number of hydrogen-bond acceptors (Lipinski definition) is 3. The highest BCUT2D eigenvalue weighted by molar-refractivity contribution is 9.10. The van der Waals surface area contributed by atoms with Crippen LogP contribution in [0.4, 0.5) is 8.78 Å². The molecule has 0 N–H and O–H groups in total. The Morgan fingerprint density at radius 1 is 1.40 bits per heavy atom. The van der Waals surface area contributed by atoms with Crippen molar-refractivity contribution < 1.29 is 17.2 Å². The zero-order chi connectivity index (χ0) is 14.9. The maximum Gasteiger partial charge on any atom is 0.158 e. The SMILES string of the molecule is CN1CCCC(S(=O)(=O)Cc2ccc(F)c(Br)c2F)C1. The molecule has 1 aliphatic rings. The average molecular weight is 368 g/mol. The molecule has 1 aliphatic heterocycles. The van der Waals surface area contributed by atoms with Crippen LogP contribution >= 0.6 is 15.9 Å². The van der Waals surface area contributed by atoms with E-state index in [2.05, 4.69) is 15.9 Å². The predicted octanol–water partition coefficient (Wildman–Crippen LogP) is 2.74. The van der Waals surface area contributed by atoms with E-state index in [1.54, 1.807) is 0 Å². The molecule has 0 amide bonds. The molecule has 1 atom stereocenters. The fourth-order valence-corrected chi connectivity index (χ4v) is 4.71. The topological polar surface area (TPSA) is 37.4 Å². The molecule has 112 valence electrons. The van der Waals surface area contributed by atoms with Gasteiger partial charge in [-0.15, -0.1) is 0 Å². The van der Waals surface area contributed by atoms with Crippen molar-refractivity contribution in [2.24, 2.45) is 0 Å². The van der Waals surface area contributed by atoms with Crippen molar-refractivity contribution in [1.29, 1.82) is 0 Å². The number of rotatable bonds is 3. The molecule has 0 spiro atoms. The van der Waals surface area contributed by atoms with Crippen molar-refractivity contribution in [3.63, 3.8) is 0 Å². The lowest BCUT2D eigenvalue weighted by atomic mass is 10.1. The third kappa shape index (κ3) is 3.38. The quantitative estimate of drug-likeness (QED) is 0.770. The van der Waals surface area contributed by atoms with Crippen molar-refractivity contribution in [3.05, 3.63) is 33.8 Å². The summed E-state index contributed by atoms with van der Waals surface area (Å²) in [5.41, 5.74) is 0.00602. The maximum absolute atomic E-state index is 13.9. The second-order valence-corrected chi connectivity index (χ2v) is 8.24. The Hall–Kier alpha value is -0.530. The van der Waals surface area contributed by atoms with Gasteiger partial charge in [0.15, 0.2) is 9.84 Å². The molecule has 1 heterocycles. The Labute approximate surface area is 126 Å². The van der Waals surface area contributed by atoms with Gasteiger partial charge >= 0.3 is 0 Å². The average Bonchev–Trinajstić information content (AvgIpc) is 2.39. The van der Waals surface area contributed by atoms with Crippen LogP contribution in [0.25, 0.3) is 0 Å². The molecule has 7 heteroatoms. The van der Waals surface area contributed by atoms with Crippen LogP contribution in [0.3, 0.4) is 0 Å². The van der Waals surface area contributed by atoms with Crippen LogP contribution in [0.2, 0.25) is 0 Å². The minimum absolute atomic E-state index is 0.00602. The summed E-state index contributed by atoms with van der Waals surface area (Å²) < 4.78 is 51.4. The van der Waals surface area contributed by atoms with Crippen LogP contribution in [-0.2, 0) is 15.6 Å². The van der Waals surface area contributed by atoms with Gasteiger partial charge in [0, 0.05) is 12.1 Å². The molecule has 2 rings (SSSR count). The van der Waals surface area contributed by atoms with Crippen LogP contribution in [0.1, 0.15) is 18.4 Å². The summed E-state index contributed by atoms with van der Waals surface area (Å²) in [6, 6.07) is 2.27. The molecular formula is C13H16BrF2NO2S. The van der Waals surface area contributed by atoms with E-state index >= 15 is 0 Å². The van der Waals surface area contributed by atoms with E-state index in [-0.39, 0.29) is 10.0 Å². The molecule has 0 aromatic heterocycles.